The highest BCUT2D eigenvalue weighted by atomic mass is 19.1. The van der Waals surface area contributed by atoms with Gasteiger partial charge in [0, 0.05) is 37.1 Å². The highest BCUT2D eigenvalue weighted by Gasteiger charge is 2.56. The highest BCUT2D eigenvalue weighted by Crippen LogP contribution is 2.47. The fourth-order valence-corrected chi connectivity index (χ4v) is 4.41. The first-order chi connectivity index (χ1) is 15.6. The highest BCUT2D eigenvalue weighted by molar-refractivity contribution is 6.02. The summed E-state index contributed by atoms with van der Waals surface area (Å²) < 4.78 is 18.9. The second-order valence-electron chi connectivity index (χ2n) is 9.11. The lowest BCUT2D eigenvalue weighted by atomic mass is 10.0. The molecule has 3 aromatic heterocycles. The summed E-state index contributed by atoms with van der Waals surface area (Å²) in [6.07, 6.45) is 7.67. The average Bonchev–Trinajstić information content (AvgIpc) is 3.08. The number of carbonyl (C=O) groups is 2. The number of primary amides is 1. The molecule has 0 aromatic carbocycles. The molecule has 2 aliphatic rings. The maximum Gasteiger partial charge on any atom is 0.252 e. The van der Waals surface area contributed by atoms with Gasteiger partial charge in [-0.05, 0) is 25.8 Å². The molecule has 1 saturated carbocycles. The van der Waals surface area contributed by atoms with Crippen LogP contribution in [0, 0.1) is 16.7 Å². The second kappa shape index (κ2) is 7.03. The van der Waals surface area contributed by atoms with Gasteiger partial charge in [0.05, 0.1) is 47.8 Å². The second-order valence-corrected chi connectivity index (χ2v) is 9.11. The molecule has 1 saturated heterocycles. The van der Waals surface area contributed by atoms with E-state index in [0.29, 0.717) is 24.0 Å². The Morgan fingerprint density at radius 2 is 2.03 bits per heavy atom. The molecular formula is C22H23FN8O2. The molecule has 33 heavy (non-hydrogen) atoms. The van der Waals surface area contributed by atoms with E-state index >= 15 is 4.39 Å². The fourth-order valence-electron chi connectivity index (χ4n) is 4.41. The molecule has 10 nitrogen and oxygen atoms in total. The number of halogens is 1. The predicted octanol–water partition coefficient (Wildman–Crippen LogP) is 1.49. The predicted molar refractivity (Wildman–Crippen MR) is 117 cm³/mol. The van der Waals surface area contributed by atoms with Crippen molar-refractivity contribution < 1.29 is 14.0 Å². The lowest BCUT2D eigenvalue weighted by molar-refractivity contribution is -0.134. The van der Waals surface area contributed by atoms with Crippen LogP contribution in [0.2, 0.25) is 0 Å². The summed E-state index contributed by atoms with van der Waals surface area (Å²) >= 11 is 0. The molecule has 1 aliphatic carbocycles. The van der Waals surface area contributed by atoms with Crippen molar-refractivity contribution in [3.63, 3.8) is 0 Å². The summed E-state index contributed by atoms with van der Waals surface area (Å²) in [5.74, 6) is -1.04. The maximum atomic E-state index is 15.6. The molecule has 170 valence electrons. The molecule has 2 atom stereocenters. The monoisotopic (exact) mass is 450 g/mol. The number of carbonyl (C=O) groups excluding carboxylic acids is 2. The molecule has 0 bridgehead atoms. The van der Waals surface area contributed by atoms with Crippen molar-refractivity contribution in [1.82, 2.24) is 24.3 Å². The van der Waals surface area contributed by atoms with Crippen molar-refractivity contribution >= 4 is 23.0 Å². The minimum Gasteiger partial charge on any atom is -0.375 e. The van der Waals surface area contributed by atoms with Crippen LogP contribution in [0.1, 0.15) is 30.1 Å². The van der Waals surface area contributed by atoms with E-state index in [1.807, 2.05) is 19.3 Å². The van der Waals surface area contributed by atoms with E-state index in [2.05, 4.69) is 21.6 Å². The Morgan fingerprint density at radius 3 is 2.64 bits per heavy atom. The average molecular weight is 450 g/mol. The van der Waals surface area contributed by atoms with Crippen molar-refractivity contribution in [3.05, 3.63) is 36.4 Å². The smallest absolute Gasteiger partial charge is 0.252 e. The fraction of sp³-hybridized carbons (Fsp3) is 0.409. The van der Waals surface area contributed by atoms with E-state index in [1.165, 1.54) is 18.0 Å². The Morgan fingerprint density at radius 1 is 1.27 bits per heavy atom. The van der Waals surface area contributed by atoms with Gasteiger partial charge in [-0.1, -0.05) is 0 Å². The maximum absolute atomic E-state index is 15.6. The molecule has 5 rings (SSSR count). The standard InChI is InChI=1S/C22H23FN8O2/c1-21(23)12-30(20(33)22(11-24)3-4-22)10-17(21)28-18-15(19(25)32)7-27-31-9-13(5-16(18)31)14-6-26-29(2)8-14/h5-9,17,28H,3-4,10,12H2,1-2H3,(H2,25,32)/t17-,21-/m1/s1. The topological polar surface area (TPSA) is 134 Å². The van der Waals surface area contributed by atoms with Crippen LogP contribution >= 0.6 is 0 Å². The number of amides is 2. The zero-order chi connectivity index (χ0) is 23.5. The molecule has 11 heteroatoms. The summed E-state index contributed by atoms with van der Waals surface area (Å²) in [5.41, 5.74) is 5.47. The van der Waals surface area contributed by atoms with Crippen molar-refractivity contribution in [2.75, 3.05) is 18.4 Å². The van der Waals surface area contributed by atoms with Crippen molar-refractivity contribution in [2.45, 2.75) is 31.5 Å². The molecule has 2 fully saturated rings. The number of hydrogen-bond donors (Lipinski definition) is 2. The SMILES string of the molecule is Cn1cc(-c2cc3c(N[C@@H]4CN(C(=O)C5(C#N)CC5)C[C@@]4(C)F)c(C(N)=O)cnn3c2)cn1. The lowest BCUT2D eigenvalue weighted by Gasteiger charge is -2.24. The Labute approximate surface area is 188 Å². The van der Waals surface area contributed by atoms with Crippen LogP contribution in [-0.2, 0) is 11.8 Å². The molecule has 0 unspecified atom stereocenters. The van der Waals surface area contributed by atoms with E-state index < -0.39 is 23.0 Å². The summed E-state index contributed by atoms with van der Waals surface area (Å²) in [5, 5.41) is 20.9. The van der Waals surface area contributed by atoms with E-state index in [0.717, 1.165) is 11.1 Å². The first kappa shape index (κ1) is 20.9. The largest absolute Gasteiger partial charge is 0.375 e. The summed E-state index contributed by atoms with van der Waals surface area (Å²) in [6.45, 7) is 1.34. The van der Waals surface area contributed by atoms with Crippen LogP contribution in [0.3, 0.4) is 0 Å². The Balaban J connectivity index is 1.51. The third-order valence-electron chi connectivity index (χ3n) is 6.55. The van der Waals surface area contributed by atoms with Gasteiger partial charge in [0.15, 0.2) is 0 Å². The number of aryl methyl sites for hydroxylation is 1. The number of nitrogens with zero attached hydrogens (tertiary/aromatic N) is 6. The van der Waals surface area contributed by atoms with Crippen molar-refractivity contribution in [2.24, 2.45) is 18.2 Å². The molecular weight excluding hydrogens is 427 g/mol. The van der Waals surface area contributed by atoms with Gasteiger partial charge in [-0.2, -0.15) is 15.5 Å². The van der Waals surface area contributed by atoms with E-state index in [-0.39, 0.29) is 24.6 Å². The summed E-state index contributed by atoms with van der Waals surface area (Å²) in [7, 11) is 1.81. The quantitative estimate of drug-likeness (QED) is 0.605. The van der Waals surface area contributed by atoms with Crippen LogP contribution in [0.5, 0.6) is 0 Å². The van der Waals surface area contributed by atoms with Crippen LogP contribution < -0.4 is 11.1 Å². The van der Waals surface area contributed by atoms with E-state index in [4.69, 9.17) is 5.73 Å². The minimum atomic E-state index is -1.78. The third-order valence-corrected chi connectivity index (χ3v) is 6.55. The summed E-state index contributed by atoms with van der Waals surface area (Å²) in [6, 6.07) is 3.09. The third kappa shape index (κ3) is 3.38. The van der Waals surface area contributed by atoms with Gasteiger partial charge in [-0.15, -0.1) is 0 Å². The van der Waals surface area contributed by atoms with E-state index in [1.54, 1.807) is 21.6 Å². The zero-order valence-corrected chi connectivity index (χ0v) is 18.2. The Hall–Kier alpha value is -3.94. The molecule has 2 amide bonds. The molecule has 1 aliphatic heterocycles. The van der Waals surface area contributed by atoms with Crippen LogP contribution in [0.4, 0.5) is 10.1 Å². The molecule has 0 spiro atoms. The molecule has 3 aromatic rings. The molecule has 3 N–H and O–H groups in total. The number of likely N-dealkylation sites (tertiary alicyclic amines) is 1. The van der Waals surface area contributed by atoms with Crippen LogP contribution in [-0.4, -0.2) is 60.9 Å². The Kier molecular flexibility index (Phi) is 4.46. The van der Waals surface area contributed by atoms with Gasteiger partial charge in [-0.3, -0.25) is 14.3 Å². The summed E-state index contributed by atoms with van der Waals surface area (Å²) in [4.78, 5) is 26.4. The van der Waals surface area contributed by atoms with Gasteiger partial charge >= 0.3 is 0 Å². The van der Waals surface area contributed by atoms with Crippen molar-refractivity contribution in [1.29, 1.82) is 5.26 Å². The number of nitrogens with two attached hydrogens (primary N) is 1. The van der Waals surface area contributed by atoms with Gasteiger partial charge in [0.2, 0.25) is 5.91 Å². The molecule has 0 radical (unpaired) electrons. The minimum absolute atomic E-state index is 0.0676. The number of nitrogens with one attached hydrogen (secondary N) is 1. The molecule has 4 heterocycles. The van der Waals surface area contributed by atoms with Gasteiger partial charge in [0.25, 0.3) is 5.91 Å². The number of hydrogen-bond acceptors (Lipinski definition) is 6. The van der Waals surface area contributed by atoms with E-state index in [9.17, 15) is 14.9 Å². The number of alkyl halides is 1. The lowest BCUT2D eigenvalue weighted by Crippen LogP contribution is -2.40. The van der Waals surface area contributed by atoms with Crippen LogP contribution in [0.15, 0.2) is 30.9 Å². The normalized spacial score (nSPS) is 23.5. The van der Waals surface area contributed by atoms with Crippen LogP contribution in [0.25, 0.3) is 16.6 Å². The number of nitriles is 1. The Bertz CT molecular complexity index is 1330. The number of fused-ring (bicyclic) bond motifs is 1. The first-order valence-electron chi connectivity index (χ1n) is 10.6. The van der Waals surface area contributed by atoms with Gasteiger partial charge in [0.1, 0.15) is 11.1 Å². The van der Waals surface area contributed by atoms with Crippen molar-refractivity contribution in [3.8, 4) is 17.2 Å². The zero-order valence-electron chi connectivity index (χ0n) is 18.2. The number of anilines is 1. The van der Waals surface area contributed by atoms with Gasteiger partial charge < -0.3 is 16.0 Å². The number of rotatable bonds is 5. The van der Waals surface area contributed by atoms with Gasteiger partial charge in [-0.25, -0.2) is 8.91 Å². The number of aromatic nitrogens is 4. The first-order valence-corrected chi connectivity index (χ1v) is 10.6.